The summed E-state index contributed by atoms with van der Waals surface area (Å²) in [6, 6.07) is 10.7. The first kappa shape index (κ1) is 14.6. The van der Waals surface area contributed by atoms with Crippen LogP contribution in [-0.2, 0) is 0 Å². The lowest BCUT2D eigenvalue weighted by atomic mass is 10.3. The van der Waals surface area contributed by atoms with Crippen LogP contribution in [-0.4, -0.2) is 44.0 Å². The molecule has 0 aliphatic carbocycles. The number of pyridine rings is 1. The highest BCUT2D eigenvalue weighted by molar-refractivity contribution is 5.92. The first-order valence-corrected chi connectivity index (χ1v) is 7.10. The van der Waals surface area contributed by atoms with Crippen LogP contribution in [0.2, 0.25) is 0 Å². The molecule has 3 heterocycles. The van der Waals surface area contributed by atoms with Gasteiger partial charge in [0.05, 0.1) is 0 Å². The molecule has 3 rings (SSSR count). The quantitative estimate of drug-likeness (QED) is 0.657. The van der Waals surface area contributed by atoms with E-state index in [4.69, 9.17) is 0 Å². The molecule has 23 heavy (non-hydrogen) atoms. The zero-order chi connectivity index (χ0) is 15.9. The number of carbonyl (C=O) groups excluding carboxylic acids is 1. The van der Waals surface area contributed by atoms with Gasteiger partial charge in [0.15, 0.2) is 5.82 Å². The Hall–Kier alpha value is -3.29. The van der Waals surface area contributed by atoms with E-state index in [9.17, 15) is 4.79 Å². The molecule has 0 fully saturated rings. The fourth-order valence-corrected chi connectivity index (χ4v) is 1.90. The maximum absolute atomic E-state index is 11.8. The number of hydrogen-bond donors (Lipinski definition) is 2. The SMILES string of the molecule is O=C(NCCNc1ccc(-n2cccn2)nn1)c1ccccn1. The van der Waals surface area contributed by atoms with Crippen molar-refractivity contribution in [1.29, 1.82) is 0 Å². The predicted molar refractivity (Wildman–Crippen MR) is 84.2 cm³/mol. The highest BCUT2D eigenvalue weighted by atomic mass is 16.1. The molecular weight excluding hydrogens is 294 g/mol. The van der Waals surface area contributed by atoms with Gasteiger partial charge in [-0.25, -0.2) is 4.68 Å². The van der Waals surface area contributed by atoms with E-state index in [1.165, 1.54) is 0 Å². The summed E-state index contributed by atoms with van der Waals surface area (Å²) in [5.41, 5.74) is 0.399. The van der Waals surface area contributed by atoms with Gasteiger partial charge in [-0.05, 0) is 30.3 Å². The van der Waals surface area contributed by atoms with Crippen molar-refractivity contribution in [3.05, 3.63) is 60.7 Å². The number of carbonyl (C=O) groups is 1. The number of rotatable bonds is 6. The molecule has 0 radical (unpaired) electrons. The standard InChI is InChI=1S/C15H15N7O/c23-15(12-4-1-2-7-16-12)18-10-9-17-13-5-6-14(21-20-13)22-11-3-8-19-22/h1-8,11H,9-10H2,(H,17,20)(H,18,23). The lowest BCUT2D eigenvalue weighted by molar-refractivity contribution is 0.0950. The minimum Gasteiger partial charge on any atom is -0.367 e. The number of amides is 1. The van der Waals surface area contributed by atoms with Gasteiger partial charge in [-0.15, -0.1) is 10.2 Å². The second-order valence-corrected chi connectivity index (χ2v) is 4.63. The van der Waals surface area contributed by atoms with E-state index in [2.05, 4.69) is 30.9 Å². The van der Waals surface area contributed by atoms with Gasteiger partial charge in [-0.2, -0.15) is 5.10 Å². The number of nitrogens with zero attached hydrogens (tertiary/aromatic N) is 5. The Morgan fingerprint density at radius 3 is 2.70 bits per heavy atom. The molecule has 0 saturated carbocycles. The van der Waals surface area contributed by atoms with Crippen molar-refractivity contribution in [1.82, 2.24) is 30.3 Å². The van der Waals surface area contributed by atoms with Crippen molar-refractivity contribution in [3.8, 4) is 5.82 Å². The highest BCUT2D eigenvalue weighted by Gasteiger charge is 2.05. The molecular formula is C15H15N7O. The van der Waals surface area contributed by atoms with Crippen molar-refractivity contribution in [3.63, 3.8) is 0 Å². The van der Waals surface area contributed by atoms with E-state index in [0.717, 1.165) is 0 Å². The van der Waals surface area contributed by atoms with E-state index >= 15 is 0 Å². The second kappa shape index (κ2) is 7.12. The highest BCUT2D eigenvalue weighted by Crippen LogP contribution is 2.04. The molecule has 0 bridgehead atoms. The fourth-order valence-electron chi connectivity index (χ4n) is 1.90. The second-order valence-electron chi connectivity index (χ2n) is 4.63. The van der Waals surface area contributed by atoms with Crippen molar-refractivity contribution in [2.24, 2.45) is 0 Å². The normalized spacial score (nSPS) is 10.3. The third kappa shape index (κ3) is 3.88. The minimum absolute atomic E-state index is 0.201. The van der Waals surface area contributed by atoms with Crippen LogP contribution < -0.4 is 10.6 Å². The van der Waals surface area contributed by atoms with Crippen LogP contribution in [0.5, 0.6) is 0 Å². The van der Waals surface area contributed by atoms with Crippen LogP contribution in [0.4, 0.5) is 5.82 Å². The van der Waals surface area contributed by atoms with Crippen molar-refractivity contribution in [2.75, 3.05) is 18.4 Å². The molecule has 0 aliphatic heterocycles. The molecule has 0 saturated heterocycles. The molecule has 0 aliphatic rings. The fraction of sp³-hybridized carbons (Fsp3) is 0.133. The Bertz CT molecular complexity index is 741. The summed E-state index contributed by atoms with van der Waals surface area (Å²) in [6.07, 6.45) is 5.06. The van der Waals surface area contributed by atoms with Gasteiger partial charge < -0.3 is 10.6 Å². The van der Waals surface area contributed by atoms with Gasteiger partial charge in [0.1, 0.15) is 11.5 Å². The topological polar surface area (TPSA) is 97.6 Å². The van der Waals surface area contributed by atoms with Crippen LogP contribution in [0.25, 0.3) is 5.82 Å². The monoisotopic (exact) mass is 309 g/mol. The summed E-state index contributed by atoms with van der Waals surface area (Å²) in [5, 5.41) is 18.1. The summed E-state index contributed by atoms with van der Waals surface area (Å²) in [5.74, 6) is 1.07. The van der Waals surface area contributed by atoms with E-state index in [1.54, 1.807) is 41.5 Å². The number of anilines is 1. The Kier molecular flexibility index (Phi) is 4.53. The average molecular weight is 309 g/mol. The van der Waals surface area contributed by atoms with Crippen molar-refractivity contribution < 1.29 is 4.79 Å². The largest absolute Gasteiger partial charge is 0.367 e. The van der Waals surface area contributed by atoms with Gasteiger partial charge in [0.25, 0.3) is 5.91 Å². The van der Waals surface area contributed by atoms with Gasteiger partial charge >= 0.3 is 0 Å². The molecule has 3 aromatic heterocycles. The first-order chi connectivity index (χ1) is 11.3. The molecule has 116 valence electrons. The summed E-state index contributed by atoms with van der Waals surface area (Å²) in [7, 11) is 0. The maximum atomic E-state index is 11.8. The van der Waals surface area contributed by atoms with Gasteiger partial charge in [-0.3, -0.25) is 9.78 Å². The van der Waals surface area contributed by atoms with E-state index in [1.807, 2.05) is 18.2 Å². The van der Waals surface area contributed by atoms with Crippen molar-refractivity contribution in [2.45, 2.75) is 0 Å². The minimum atomic E-state index is -0.201. The molecule has 3 aromatic rings. The maximum Gasteiger partial charge on any atom is 0.269 e. The average Bonchev–Trinajstić information content (AvgIpc) is 3.14. The Labute approximate surface area is 132 Å². The van der Waals surface area contributed by atoms with E-state index < -0.39 is 0 Å². The lowest BCUT2D eigenvalue weighted by Gasteiger charge is -2.07. The molecule has 1 amide bonds. The predicted octanol–water partition coefficient (Wildman–Crippen LogP) is 0.899. The third-order valence-corrected chi connectivity index (χ3v) is 3.00. The van der Waals surface area contributed by atoms with Crippen LogP contribution in [0.3, 0.4) is 0 Å². The molecule has 0 aromatic carbocycles. The molecule has 2 N–H and O–H groups in total. The molecule has 8 nitrogen and oxygen atoms in total. The van der Waals surface area contributed by atoms with Crippen LogP contribution in [0, 0.1) is 0 Å². The van der Waals surface area contributed by atoms with Gasteiger partial charge in [-0.1, -0.05) is 6.07 Å². The Morgan fingerprint density at radius 1 is 1.04 bits per heavy atom. The molecule has 0 spiro atoms. The first-order valence-electron chi connectivity index (χ1n) is 7.10. The zero-order valence-electron chi connectivity index (χ0n) is 12.3. The van der Waals surface area contributed by atoms with E-state index in [-0.39, 0.29) is 5.91 Å². The van der Waals surface area contributed by atoms with Crippen LogP contribution in [0.15, 0.2) is 55.0 Å². The number of aromatic nitrogens is 5. The number of nitrogens with one attached hydrogen (secondary N) is 2. The Balaban J connectivity index is 1.45. The van der Waals surface area contributed by atoms with Gasteiger partial charge in [0, 0.05) is 31.7 Å². The van der Waals surface area contributed by atoms with E-state index in [0.29, 0.717) is 30.4 Å². The molecule has 0 unspecified atom stereocenters. The molecule has 8 heteroatoms. The smallest absolute Gasteiger partial charge is 0.269 e. The summed E-state index contributed by atoms with van der Waals surface area (Å²) in [6.45, 7) is 0.992. The Morgan fingerprint density at radius 2 is 2.00 bits per heavy atom. The van der Waals surface area contributed by atoms with Gasteiger partial charge in [0.2, 0.25) is 0 Å². The van der Waals surface area contributed by atoms with Crippen LogP contribution >= 0.6 is 0 Å². The van der Waals surface area contributed by atoms with Crippen LogP contribution in [0.1, 0.15) is 10.5 Å². The zero-order valence-corrected chi connectivity index (χ0v) is 12.3. The lowest BCUT2D eigenvalue weighted by Crippen LogP contribution is -2.29. The molecule has 0 atom stereocenters. The number of hydrogen-bond acceptors (Lipinski definition) is 6. The third-order valence-electron chi connectivity index (χ3n) is 3.00. The summed E-state index contributed by atoms with van der Waals surface area (Å²) in [4.78, 5) is 15.8. The van der Waals surface area contributed by atoms with Crippen molar-refractivity contribution >= 4 is 11.7 Å². The summed E-state index contributed by atoms with van der Waals surface area (Å²) >= 11 is 0. The summed E-state index contributed by atoms with van der Waals surface area (Å²) < 4.78 is 1.63.